The number of fused-ring (bicyclic) bond motifs is 2. The Labute approximate surface area is 242 Å². The van der Waals surface area contributed by atoms with Gasteiger partial charge >= 0.3 is 0 Å². The van der Waals surface area contributed by atoms with Crippen molar-refractivity contribution in [1.29, 1.82) is 0 Å². The zero-order valence-corrected chi connectivity index (χ0v) is 23.7. The fourth-order valence-electron chi connectivity index (χ4n) is 5.04. The molecule has 11 heteroatoms. The van der Waals surface area contributed by atoms with Crippen LogP contribution in [-0.2, 0) is 27.6 Å². The van der Waals surface area contributed by atoms with Gasteiger partial charge in [-0.1, -0.05) is 18.2 Å². The molecule has 3 N–H and O–H groups in total. The third-order valence-electron chi connectivity index (χ3n) is 7.22. The van der Waals surface area contributed by atoms with Crippen LogP contribution in [0.1, 0.15) is 36.5 Å². The third kappa shape index (κ3) is 5.44. The van der Waals surface area contributed by atoms with E-state index in [4.69, 9.17) is 20.2 Å². The molecule has 0 saturated carbocycles. The van der Waals surface area contributed by atoms with E-state index in [0.29, 0.717) is 31.6 Å². The van der Waals surface area contributed by atoms with E-state index in [1.807, 2.05) is 25.1 Å². The van der Waals surface area contributed by atoms with Crippen LogP contribution in [0.25, 0.3) is 16.6 Å². The Morgan fingerprint density at radius 2 is 2.02 bits per heavy atom. The third-order valence-corrected chi connectivity index (χ3v) is 8.20. The monoisotopic (exact) mass is 595 g/mol. The largest absolute Gasteiger partial charge is 0.493 e. The number of hydrogen-bond acceptors (Lipinski definition) is 6. The Morgan fingerprint density at radius 3 is 2.79 bits per heavy atom. The average molecular weight is 596 g/mol. The van der Waals surface area contributed by atoms with Gasteiger partial charge in [-0.15, -0.1) is 0 Å². The number of aromatic nitrogens is 1. The normalized spacial score (nSPS) is 17.7. The van der Waals surface area contributed by atoms with Crippen LogP contribution < -0.4 is 15.2 Å². The number of rotatable bonds is 9. The molecule has 0 aliphatic carbocycles. The fraction of sp³-hybridized carbons (Fsp3) is 0.226. The van der Waals surface area contributed by atoms with Gasteiger partial charge in [-0.25, -0.2) is 8.78 Å². The summed E-state index contributed by atoms with van der Waals surface area (Å²) in [6.45, 7) is 2.39. The predicted molar refractivity (Wildman–Crippen MR) is 156 cm³/mol. The number of nitrogens with zero attached hydrogens (tertiary/aromatic N) is 1. The second-order valence-electron chi connectivity index (χ2n) is 10.0. The van der Waals surface area contributed by atoms with Crippen molar-refractivity contribution < 1.29 is 31.6 Å². The lowest BCUT2D eigenvalue weighted by Crippen LogP contribution is -2.28. The number of nitrogens with two attached hydrogens (primary N) is 1. The van der Waals surface area contributed by atoms with E-state index in [0.717, 1.165) is 23.5 Å². The number of carbonyl (C=O) groups excluding carboxylic acids is 1. The Bertz CT molecular complexity index is 1770. The van der Waals surface area contributed by atoms with Gasteiger partial charge < -0.3 is 25.0 Å². The van der Waals surface area contributed by atoms with Crippen molar-refractivity contribution in [2.75, 3.05) is 12.9 Å². The van der Waals surface area contributed by atoms with Crippen LogP contribution in [0.4, 0.5) is 13.2 Å². The Morgan fingerprint density at radius 1 is 1.21 bits per heavy atom. The summed E-state index contributed by atoms with van der Waals surface area (Å²) in [6.07, 6.45) is 8.06. The zero-order chi connectivity index (χ0) is 30.0. The highest BCUT2D eigenvalue weighted by Gasteiger charge is 2.33. The standard InChI is InChI=1S/C31H28F3N3O4S/c1-31(12-16-40-28-18(6-4-15-38)5-3-7-22(28)31)37-14-11-24(35)21-17-19(8-9-23(21)32)41-29-26(34)25(33)27-20(10-13-36-27)30(29)42(2)39/h3,5,7-11,13-15,17,36H,4,6,12,16,35H2,1-2H3/b24-11-,37-14?. The van der Waals surface area contributed by atoms with Crippen LogP contribution in [0.15, 0.2) is 64.6 Å². The molecule has 2 heterocycles. The molecule has 4 aromatic rings. The molecule has 1 aromatic heterocycles. The number of aromatic amines is 1. The lowest BCUT2D eigenvalue weighted by molar-refractivity contribution is -0.107. The zero-order valence-electron chi connectivity index (χ0n) is 22.9. The minimum Gasteiger partial charge on any atom is -0.493 e. The molecule has 0 fully saturated rings. The molecule has 0 amide bonds. The highest BCUT2D eigenvalue weighted by atomic mass is 32.2. The van der Waals surface area contributed by atoms with Crippen molar-refractivity contribution in [2.45, 2.75) is 36.6 Å². The molecule has 0 saturated heterocycles. The molecular formula is C31H28F3N3O4S. The molecule has 7 nitrogen and oxygen atoms in total. The summed E-state index contributed by atoms with van der Waals surface area (Å²) in [5.41, 5.74) is 7.21. The van der Waals surface area contributed by atoms with Crippen LogP contribution in [-0.4, -0.2) is 34.6 Å². The Hall–Kier alpha value is -4.38. The van der Waals surface area contributed by atoms with E-state index in [2.05, 4.69) is 4.98 Å². The molecule has 2 unspecified atom stereocenters. The number of allylic oxidation sites excluding steroid dienone is 1. The topological polar surface area (TPSA) is 107 Å². The summed E-state index contributed by atoms with van der Waals surface area (Å²) in [6, 6.07) is 10.8. The van der Waals surface area contributed by atoms with Gasteiger partial charge in [0.25, 0.3) is 0 Å². The van der Waals surface area contributed by atoms with E-state index in [1.165, 1.54) is 42.9 Å². The quantitative estimate of drug-likeness (QED) is 0.174. The summed E-state index contributed by atoms with van der Waals surface area (Å²) in [4.78, 5) is 18.2. The maximum absolute atomic E-state index is 15.0. The number of aliphatic imine (C=N–C) groups is 1. The summed E-state index contributed by atoms with van der Waals surface area (Å²) in [5, 5.41) is 0.210. The predicted octanol–water partition coefficient (Wildman–Crippen LogP) is 6.31. The number of ether oxygens (including phenoxy) is 2. The molecule has 42 heavy (non-hydrogen) atoms. The molecule has 5 rings (SSSR count). The molecular weight excluding hydrogens is 567 g/mol. The van der Waals surface area contributed by atoms with Crippen molar-refractivity contribution in [3.63, 3.8) is 0 Å². The number of aldehydes is 1. The smallest absolute Gasteiger partial charge is 0.204 e. The number of carbonyl (C=O) groups is 1. The molecule has 0 radical (unpaired) electrons. The highest BCUT2D eigenvalue weighted by Crippen LogP contribution is 2.42. The van der Waals surface area contributed by atoms with Gasteiger partial charge in [0.05, 0.1) is 33.4 Å². The number of hydrogen-bond donors (Lipinski definition) is 2. The molecule has 218 valence electrons. The van der Waals surface area contributed by atoms with Crippen molar-refractivity contribution in [2.24, 2.45) is 10.7 Å². The second kappa shape index (κ2) is 11.8. The van der Waals surface area contributed by atoms with E-state index >= 15 is 4.39 Å². The minimum atomic E-state index is -1.74. The van der Waals surface area contributed by atoms with Crippen molar-refractivity contribution in [1.82, 2.24) is 4.98 Å². The first-order valence-corrected chi connectivity index (χ1v) is 14.7. The van der Waals surface area contributed by atoms with E-state index < -0.39 is 39.5 Å². The van der Waals surface area contributed by atoms with Crippen LogP contribution >= 0.6 is 0 Å². The van der Waals surface area contributed by atoms with E-state index in [9.17, 15) is 17.8 Å². The first kappa shape index (κ1) is 29.1. The summed E-state index contributed by atoms with van der Waals surface area (Å²) < 4.78 is 68.6. The number of para-hydroxylation sites is 1. The number of nitrogens with one attached hydrogen (secondary N) is 1. The lowest BCUT2D eigenvalue weighted by Gasteiger charge is -2.33. The molecule has 3 aromatic carbocycles. The molecule has 1 aliphatic rings. The Kier molecular flexibility index (Phi) is 8.22. The van der Waals surface area contributed by atoms with Crippen LogP contribution in [0.3, 0.4) is 0 Å². The summed E-state index contributed by atoms with van der Waals surface area (Å²) >= 11 is 0. The number of H-pyrrole nitrogens is 1. The van der Waals surface area contributed by atoms with Gasteiger partial charge in [-0.3, -0.25) is 9.20 Å². The first-order chi connectivity index (χ1) is 20.1. The van der Waals surface area contributed by atoms with Crippen LogP contribution in [0.5, 0.6) is 17.2 Å². The van der Waals surface area contributed by atoms with Gasteiger partial charge in [-0.05, 0) is 49.2 Å². The number of aryl methyl sites for hydroxylation is 1. The minimum absolute atomic E-state index is 0.0179. The first-order valence-electron chi connectivity index (χ1n) is 13.1. The van der Waals surface area contributed by atoms with Gasteiger partial charge in [0.15, 0.2) is 11.6 Å². The maximum atomic E-state index is 15.0. The van der Waals surface area contributed by atoms with Crippen molar-refractivity contribution >= 4 is 39.9 Å². The van der Waals surface area contributed by atoms with Gasteiger partial charge in [0.2, 0.25) is 5.82 Å². The van der Waals surface area contributed by atoms with Gasteiger partial charge in [0.1, 0.15) is 23.6 Å². The molecule has 1 aliphatic heterocycles. The van der Waals surface area contributed by atoms with E-state index in [1.54, 1.807) is 0 Å². The molecule has 0 spiro atoms. The SMILES string of the molecule is CS(=O)c1c(Oc2ccc(F)c(/C(N)=C/C=NC3(C)CCOc4c(CCC=O)cccc43)c2)c(F)c(F)c2[nH]ccc12. The molecule has 0 bridgehead atoms. The maximum Gasteiger partial charge on any atom is 0.204 e. The summed E-state index contributed by atoms with van der Waals surface area (Å²) in [5.74, 6) is -3.05. The highest BCUT2D eigenvalue weighted by molar-refractivity contribution is 7.84. The molecule has 2 atom stereocenters. The fourth-order valence-corrected chi connectivity index (χ4v) is 5.91. The lowest BCUT2D eigenvalue weighted by atomic mass is 9.85. The van der Waals surface area contributed by atoms with Crippen molar-refractivity contribution in [3.8, 4) is 17.2 Å². The Balaban J connectivity index is 1.44. The van der Waals surface area contributed by atoms with E-state index in [-0.39, 0.29) is 32.8 Å². The van der Waals surface area contributed by atoms with Gasteiger partial charge in [0, 0.05) is 53.7 Å². The second-order valence-corrected chi connectivity index (χ2v) is 11.3. The number of benzene rings is 3. The average Bonchev–Trinajstić information content (AvgIpc) is 3.45. The number of halogens is 3. The van der Waals surface area contributed by atoms with Crippen molar-refractivity contribution in [3.05, 3.63) is 88.9 Å². The van der Waals surface area contributed by atoms with Crippen LogP contribution in [0, 0.1) is 17.5 Å². The van der Waals surface area contributed by atoms with Crippen LogP contribution in [0.2, 0.25) is 0 Å². The summed E-state index contributed by atoms with van der Waals surface area (Å²) in [7, 11) is -1.74. The van der Waals surface area contributed by atoms with Gasteiger partial charge in [-0.2, -0.15) is 4.39 Å².